The molecular formula is C19H18BrN3O2. The Kier molecular flexibility index (Phi) is 5.19. The zero-order valence-corrected chi connectivity index (χ0v) is 15.3. The Bertz CT molecular complexity index is 814. The first-order valence-corrected chi connectivity index (χ1v) is 8.71. The van der Waals surface area contributed by atoms with Crippen LogP contribution in [0.25, 0.3) is 0 Å². The highest BCUT2D eigenvalue weighted by Gasteiger charge is 2.23. The van der Waals surface area contributed by atoms with Gasteiger partial charge in [-0.1, -0.05) is 45.8 Å². The van der Waals surface area contributed by atoms with Crippen LogP contribution in [0.1, 0.15) is 17.5 Å². The molecule has 0 atom stereocenters. The third kappa shape index (κ3) is 4.28. The molecule has 1 aliphatic heterocycles. The van der Waals surface area contributed by atoms with Crippen LogP contribution >= 0.6 is 15.9 Å². The number of nitrogens with one attached hydrogen (secondary N) is 2. The van der Waals surface area contributed by atoms with Crippen molar-refractivity contribution >= 4 is 33.4 Å². The second-order valence-corrected chi connectivity index (χ2v) is 6.72. The highest BCUT2D eigenvalue weighted by molar-refractivity contribution is 9.10. The Morgan fingerprint density at radius 3 is 2.52 bits per heavy atom. The number of halogens is 1. The molecule has 25 heavy (non-hydrogen) atoms. The molecule has 0 radical (unpaired) electrons. The van der Waals surface area contributed by atoms with Crippen molar-refractivity contribution in [3.63, 3.8) is 0 Å². The van der Waals surface area contributed by atoms with Gasteiger partial charge in [-0.2, -0.15) is 0 Å². The maximum Gasteiger partial charge on any atom is 0.269 e. The number of nitrogens with zero attached hydrogens (tertiary/aromatic N) is 1. The van der Waals surface area contributed by atoms with E-state index in [0.717, 1.165) is 10.0 Å². The van der Waals surface area contributed by atoms with E-state index in [0.29, 0.717) is 17.9 Å². The number of anilines is 1. The smallest absolute Gasteiger partial charge is 0.269 e. The summed E-state index contributed by atoms with van der Waals surface area (Å²) in [5, 5.41) is 4.26. The van der Waals surface area contributed by atoms with Gasteiger partial charge in [-0.05, 0) is 42.8 Å². The van der Waals surface area contributed by atoms with Gasteiger partial charge in [-0.15, -0.1) is 0 Å². The second kappa shape index (κ2) is 7.53. The Morgan fingerprint density at radius 1 is 1.16 bits per heavy atom. The second-order valence-electron chi connectivity index (χ2n) is 5.81. The number of hydrogen-bond acceptors (Lipinski definition) is 3. The van der Waals surface area contributed by atoms with Crippen LogP contribution < -0.4 is 15.8 Å². The van der Waals surface area contributed by atoms with Crippen LogP contribution in [0, 0.1) is 6.92 Å². The standard InChI is InChI=1S/C19H18BrN3O2/c1-13-2-4-14(5-3-13)12-21-19(25)17-10-11-18(24)23(22-17)16-8-6-15(20)7-9-16/h2-10,22H,11-12H2,1H3,(H,21,25). The van der Waals surface area contributed by atoms with E-state index in [4.69, 9.17) is 0 Å². The van der Waals surface area contributed by atoms with Crippen LogP contribution in [0.4, 0.5) is 5.69 Å². The molecule has 128 valence electrons. The van der Waals surface area contributed by atoms with E-state index in [2.05, 4.69) is 26.7 Å². The maximum absolute atomic E-state index is 12.4. The minimum Gasteiger partial charge on any atom is -0.347 e. The lowest BCUT2D eigenvalue weighted by Gasteiger charge is -2.28. The summed E-state index contributed by atoms with van der Waals surface area (Å²) in [5.74, 6) is -0.354. The molecule has 2 amide bonds. The Labute approximate surface area is 154 Å². The van der Waals surface area contributed by atoms with Gasteiger partial charge >= 0.3 is 0 Å². The van der Waals surface area contributed by atoms with Gasteiger partial charge in [0.1, 0.15) is 5.70 Å². The lowest BCUT2D eigenvalue weighted by atomic mass is 10.1. The molecule has 2 aromatic carbocycles. The van der Waals surface area contributed by atoms with E-state index in [1.54, 1.807) is 6.08 Å². The SMILES string of the molecule is Cc1ccc(CNC(=O)C2=CCC(=O)N(c3ccc(Br)cc3)N2)cc1. The molecule has 3 rings (SSSR count). The van der Waals surface area contributed by atoms with Crippen molar-refractivity contribution in [1.29, 1.82) is 0 Å². The van der Waals surface area contributed by atoms with E-state index in [9.17, 15) is 9.59 Å². The molecule has 1 heterocycles. The first kappa shape index (κ1) is 17.2. The van der Waals surface area contributed by atoms with Gasteiger partial charge in [0.2, 0.25) is 5.91 Å². The summed E-state index contributed by atoms with van der Waals surface area (Å²) in [5.41, 5.74) is 6.16. The number of amides is 2. The molecule has 2 N–H and O–H groups in total. The minimum absolute atomic E-state index is 0.114. The molecule has 0 saturated carbocycles. The van der Waals surface area contributed by atoms with Crippen LogP contribution in [-0.4, -0.2) is 11.8 Å². The number of benzene rings is 2. The summed E-state index contributed by atoms with van der Waals surface area (Å²) < 4.78 is 0.923. The Balaban J connectivity index is 1.65. The molecule has 0 spiro atoms. The van der Waals surface area contributed by atoms with Crippen LogP contribution in [0.15, 0.2) is 64.8 Å². The van der Waals surface area contributed by atoms with Gasteiger partial charge in [0.25, 0.3) is 5.91 Å². The molecule has 0 fully saturated rings. The zero-order valence-electron chi connectivity index (χ0n) is 13.8. The van der Waals surface area contributed by atoms with Gasteiger partial charge in [0.15, 0.2) is 0 Å². The molecule has 0 aliphatic carbocycles. The molecular weight excluding hydrogens is 382 g/mol. The zero-order chi connectivity index (χ0) is 17.8. The van der Waals surface area contributed by atoms with Crippen molar-refractivity contribution in [3.05, 3.63) is 75.9 Å². The number of carbonyl (C=O) groups is 2. The monoisotopic (exact) mass is 399 g/mol. The van der Waals surface area contributed by atoms with Gasteiger partial charge in [-0.25, -0.2) is 5.01 Å². The highest BCUT2D eigenvalue weighted by atomic mass is 79.9. The third-order valence-corrected chi connectivity index (χ3v) is 4.39. The summed E-state index contributed by atoms with van der Waals surface area (Å²) in [6.45, 7) is 2.46. The summed E-state index contributed by atoms with van der Waals surface area (Å²) in [6.07, 6.45) is 1.79. The van der Waals surface area contributed by atoms with E-state index in [1.165, 1.54) is 10.6 Å². The first-order chi connectivity index (χ1) is 12.0. The van der Waals surface area contributed by atoms with E-state index < -0.39 is 0 Å². The summed E-state index contributed by atoms with van der Waals surface area (Å²) in [4.78, 5) is 24.5. The van der Waals surface area contributed by atoms with Crippen LogP contribution in [-0.2, 0) is 16.1 Å². The molecule has 0 unspecified atom stereocenters. The molecule has 0 saturated heterocycles. The average Bonchev–Trinajstić information content (AvgIpc) is 2.62. The highest BCUT2D eigenvalue weighted by Crippen LogP contribution is 2.20. The summed E-state index contributed by atoms with van der Waals surface area (Å²) in [6, 6.07) is 15.3. The Morgan fingerprint density at radius 2 is 1.84 bits per heavy atom. The number of carbonyl (C=O) groups excluding carboxylic acids is 2. The molecule has 0 bridgehead atoms. The van der Waals surface area contributed by atoms with Gasteiger partial charge < -0.3 is 5.32 Å². The van der Waals surface area contributed by atoms with Crippen molar-refractivity contribution in [2.45, 2.75) is 19.9 Å². The normalized spacial score (nSPS) is 13.9. The number of hydrogen-bond donors (Lipinski definition) is 2. The maximum atomic E-state index is 12.4. The van der Waals surface area contributed by atoms with Gasteiger partial charge in [0.05, 0.1) is 5.69 Å². The summed E-state index contributed by atoms with van der Waals surface area (Å²) >= 11 is 3.37. The van der Waals surface area contributed by atoms with Crippen LogP contribution in [0.3, 0.4) is 0 Å². The van der Waals surface area contributed by atoms with E-state index in [1.807, 2.05) is 55.5 Å². The minimum atomic E-state index is -0.241. The van der Waals surface area contributed by atoms with Crippen molar-refractivity contribution < 1.29 is 9.59 Å². The van der Waals surface area contributed by atoms with Gasteiger partial charge in [-0.3, -0.25) is 15.0 Å². The van der Waals surface area contributed by atoms with Crippen molar-refractivity contribution in [3.8, 4) is 0 Å². The number of rotatable bonds is 4. The van der Waals surface area contributed by atoms with Crippen LogP contribution in [0.2, 0.25) is 0 Å². The number of aryl methyl sites for hydroxylation is 1. The third-order valence-electron chi connectivity index (χ3n) is 3.87. The van der Waals surface area contributed by atoms with Crippen molar-refractivity contribution in [2.75, 3.05) is 5.01 Å². The molecule has 5 nitrogen and oxygen atoms in total. The van der Waals surface area contributed by atoms with Crippen molar-refractivity contribution in [1.82, 2.24) is 10.7 Å². The fraction of sp³-hybridized carbons (Fsp3) is 0.158. The average molecular weight is 400 g/mol. The van der Waals surface area contributed by atoms with Crippen molar-refractivity contribution in [2.24, 2.45) is 0 Å². The fourth-order valence-corrected chi connectivity index (χ4v) is 2.70. The lowest BCUT2D eigenvalue weighted by Crippen LogP contribution is -2.48. The lowest BCUT2D eigenvalue weighted by molar-refractivity contribution is -0.120. The predicted octanol–water partition coefficient (Wildman–Crippen LogP) is 3.20. The fourth-order valence-electron chi connectivity index (χ4n) is 2.43. The predicted molar refractivity (Wildman–Crippen MR) is 100 cm³/mol. The molecule has 6 heteroatoms. The molecule has 0 aromatic heterocycles. The molecule has 2 aromatic rings. The topological polar surface area (TPSA) is 61.4 Å². The van der Waals surface area contributed by atoms with E-state index in [-0.39, 0.29) is 18.2 Å². The first-order valence-electron chi connectivity index (χ1n) is 7.92. The summed E-state index contributed by atoms with van der Waals surface area (Å²) in [7, 11) is 0. The molecule has 1 aliphatic rings. The largest absolute Gasteiger partial charge is 0.347 e. The van der Waals surface area contributed by atoms with E-state index >= 15 is 0 Å². The Hall–Kier alpha value is -2.60. The van der Waals surface area contributed by atoms with Gasteiger partial charge in [0, 0.05) is 17.4 Å². The quantitative estimate of drug-likeness (QED) is 0.829. The van der Waals surface area contributed by atoms with Crippen LogP contribution in [0.5, 0.6) is 0 Å². The number of hydrazine groups is 1.